The van der Waals surface area contributed by atoms with E-state index in [0.717, 1.165) is 49.8 Å². The van der Waals surface area contributed by atoms with Crippen molar-refractivity contribution in [3.05, 3.63) is 47.5 Å². The third kappa shape index (κ3) is 4.14. The van der Waals surface area contributed by atoms with Crippen molar-refractivity contribution in [2.24, 2.45) is 0 Å². The molecular formula is C20H29FN4O. The molecule has 1 aliphatic heterocycles. The van der Waals surface area contributed by atoms with E-state index in [1.807, 2.05) is 10.9 Å². The molecule has 0 radical (unpaired) electrons. The summed E-state index contributed by atoms with van der Waals surface area (Å²) in [6.45, 7) is 13.1. The number of ether oxygens (including phenoxy) is 1. The molecule has 1 atom stereocenters. The molecule has 2 heterocycles. The predicted molar refractivity (Wildman–Crippen MR) is 101 cm³/mol. The molecule has 3 rings (SSSR count). The highest BCUT2D eigenvalue weighted by atomic mass is 19.1. The van der Waals surface area contributed by atoms with Gasteiger partial charge in [-0.25, -0.2) is 9.07 Å². The van der Waals surface area contributed by atoms with E-state index in [2.05, 4.69) is 43.0 Å². The van der Waals surface area contributed by atoms with Crippen molar-refractivity contribution in [1.29, 1.82) is 0 Å². The van der Waals surface area contributed by atoms with Gasteiger partial charge in [-0.3, -0.25) is 4.90 Å². The maximum atomic E-state index is 13.1. The van der Waals surface area contributed by atoms with E-state index in [4.69, 9.17) is 4.74 Å². The number of benzene rings is 1. The van der Waals surface area contributed by atoms with E-state index in [0.29, 0.717) is 0 Å². The Labute approximate surface area is 155 Å². The molecule has 6 heteroatoms. The van der Waals surface area contributed by atoms with E-state index < -0.39 is 0 Å². The molecule has 5 nitrogen and oxygen atoms in total. The molecule has 1 aliphatic rings. The van der Waals surface area contributed by atoms with Gasteiger partial charge >= 0.3 is 0 Å². The summed E-state index contributed by atoms with van der Waals surface area (Å²) in [4.78, 5) is 2.48. The number of nitrogens with zero attached hydrogens (tertiary/aromatic N) is 3. The summed E-state index contributed by atoms with van der Waals surface area (Å²) >= 11 is 0. The van der Waals surface area contributed by atoms with Crippen LogP contribution in [-0.4, -0.2) is 53.1 Å². The fourth-order valence-electron chi connectivity index (χ4n) is 3.52. The van der Waals surface area contributed by atoms with Gasteiger partial charge in [-0.1, -0.05) is 0 Å². The van der Waals surface area contributed by atoms with Crippen LogP contribution in [0.3, 0.4) is 0 Å². The summed E-state index contributed by atoms with van der Waals surface area (Å²) in [5.41, 5.74) is 3.20. The standard InChI is InChI=1S/C20H29FN4O/c1-15(22-9-10-24-11-12-26-14-20(24,3)4)19-13-23-25(16(19)2)18-7-5-17(21)6-8-18/h5-8,13,15,22H,9-12,14H2,1-4H3. The lowest BCUT2D eigenvalue weighted by Gasteiger charge is -2.42. The Morgan fingerprint density at radius 2 is 2.04 bits per heavy atom. The summed E-state index contributed by atoms with van der Waals surface area (Å²) in [5.74, 6) is -0.236. The average Bonchev–Trinajstić information content (AvgIpc) is 2.98. The minimum atomic E-state index is -0.236. The lowest BCUT2D eigenvalue weighted by atomic mass is 10.0. The van der Waals surface area contributed by atoms with Crippen LogP contribution in [0.5, 0.6) is 0 Å². The topological polar surface area (TPSA) is 42.3 Å². The monoisotopic (exact) mass is 360 g/mol. The zero-order chi connectivity index (χ0) is 18.7. The summed E-state index contributed by atoms with van der Waals surface area (Å²) in [6.07, 6.45) is 1.90. The summed E-state index contributed by atoms with van der Waals surface area (Å²) in [5, 5.41) is 8.09. The van der Waals surface area contributed by atoms with Crippen LogP contribution in [0.4, 0.5) is 4.39 Å². The van der Waals surface area contributed by atoms with E-state index in [1.165, 1.54) is 12.1 Å². The van der Waals surface area contributed by atoms with Crippen LogP contribution in [0.2, 0.25) is 0 Å². The summed E-state index contributed by atoms with van der Waals surface area (Å²) in [6, 6.07) is 6.62. The van der Waals surface area contributed by atoms with Crippen molar-refractivity contribution >= 4 is 0 Å². The molecule has 0 aliphatic carbocycles. The van der Waals surface area contributed by atoms with E-state index in [1.54, 1.807) is 12.1 Å². The van der Waals surface area contributed by atoms with Crippen molar-refractivity contribution in [2.75, 3.05) is 32.8 Å². The van der Waals surface area contributed by atoms with Gasteiger partial charge in [0.25, 0.3) is 0 Å². The smallest absolute Gasteiger partial charge is 0.123 e. The summed E-state index contributed by atoms with van der Waals surface area (Å²) < 4.78 is 20.6. The number of hydrogen-bond donors (Lipinski definition) is 1. The van der Waals surface area contributed by atoms with Gasteiger partial charge in [-0.2, -0.15) is 5.10 Å². The minimum Gasteiger partial charge on any atom is -0.378 e. The van der Waals surface area contributed by atoms with E-state index in [9.17, 15) is 4.39 Å². The molecule has 0 spiro atoms. The number of aromatic nitrogens is 2. The van der Waals surface area contributed by atoms with Gasteiger partial charge in [0.05, 0.1) is 25.1 Å². The van der Waals surface area contributed by atoms with Crippen molar-refractivity contribution in [2.45, 2.75) is 39.3 Å². The molecule has 1 unspecified atom stereocenters. The lowest BCUT2D eigenvalue weighted by molar-refractivity contribution is -0.0502. The molecule has 1 fully saturated rings. The van der Waals surface area contributed by atoms with Crippen LogP contribution >= 0.6 is 0 Å². The van der Waals surface area contributed by atoms with Gasteiger partial charge in [-0.15, -0.1) is 0 Å². The minimum absolute atomic E-state index is 0.0898. The molecule has 0 saturated carbocycles. The normalized spacial score (nSPS) is 18.8. The SMILES string of the molecule is Cc1c(C(C)NCCN2CCOCC2(C)C)cnn1-c1ccc(F)cc1. The maximum absolute atomic E-state index is 13.1. The second-order valence-electron chi connectivity index (χ2n) is 7.60. The number of halogens is 1. The molecule has 0 bridgehead atoms. The Balaban J connectivity index is 1.60. The van der Waals surface area contributed by atoms with Crippen molar-refractivity contribution in [1.82, 2.24) is 20.0 Å². The van der Waals surface area contributed by atoms with Crippen LogP contribution in [0.25, 0.3) is 5.69 Å². The molecular weight excluding hydrogens is 331 g/mol. The Hall–Kier alpha value is -1.76. The van der Waals surface area contributed by atoms with Gasteiger partial charge in [0.15, 0.2) is 0 Å². The average molecular weight is 360 g/mol. The van der Waals surface area contributed by atoms with Crippen LogP contribution < -0.4 is 5.32 Å². The zero-order valence-corrected chi connectivity index (χ0v) is 16.1. The highest BCUT2D eigenvalue weighted by Crippen LogP contribution is 2.21. The predicted octanol–water partition coefficient (Wildman–Crippen LogP) is 3.08. The fraction of sp³-hybridized carbons (Fsp3) is 0.550. The number of nitrogens with one attached hydrogen (secondary N) is 1. The van der Waals surface area contributed by atoms with Crippen molar-refractivity contribution in [3.63, 3.8) is 0 Å². The maximum Gasteiger partial charge on any atom is 0.123 e. The van der Waals surface area contributed by atoms with Gasteiger partial charge in [0.2, 0.25) is 0 Å². The largest absolute Gasteiger partial charge is 0.378 e. The number of morpholine rings is 1. The molecule has 1 aromatic heterocycles. The second-order valence-corrected chi connectivity index (χ2v) is 7.60. The highest BCUT2D eigenvalue weighted by molar-refractivity contribution is 5.35. The van der Waals surface area contributed by atoms with Crippen molar-refractivity contribution in [3.8, 4) is 5.69 Å². The fourth-order valence-corrected chi connectivity index (χ4v) is 3.52. The highest BCUT2D eigenvalue weighted by Gasteiger charge is 2.29. The molecule has 142 valence electrons. The first kappa shape index (κ1) is 19.0. The Bertz CT molecular complexity index is 726. The van der Waals surface area contributed by atoms with Crippen molar-refractivity contribution < 1.29 is 9.13 Å². The van der Waals surface area contributed by atoms with Crippen LogP contribution in [0.1, 0.15) is 38.1 Å². The third-order valence-electron chi connectivity index (χ3n) is 5.23. The molecule has 0 amide bonds. The van der Waals surface area contributed by atoms with Gasteiger partial charge in [-0.05, 0) is 52.0 Å². The third-order valence-corrected chi connectivity index (χ3v) is 5.23. The quantitative estimate of drug-likeness (QED) is 0.860. The van der Waals surface area contributed by atoms with Crippen LogP contribution in [0, 0.1) is 12.7 Å². The van der Waals surface area contributed by atoms with E-state index >= 15 is 0 Å². The van der Waals surface area contributed by atoms with Crippen LogP contribution in [0.15, 0.2) is 30.5 Å². The molecule has 26 heavy (non-hydrogen) atoms. The lowest BCUT2D eigenvalue weighted by Crippen LogP contribution is -2.54. The summed E-state index contributed by atoms with van der Waals surface area (Å²) in [7, 11) is 0. The molecule has 1 N–H and O–H groups in total. The Kier molecular flexibility index (Phi) is 5.75. The Morgan fingerprint density at radius 3 is 2.73 bits per heavy atom. The van der Waals surface area contributed by atoms with Gasteiger partial charge < -0.3 is 10.1 Å². The molecule has 2 aromatic rings. The van der Waals surface area contributed by atoms with Gasteiger partial charge in [0, 0.05) is 42.5 Å². The zero-order valence-electron chi connectivity index (χ0n) is 16.1. The van der Waals surface area contributed by atoms with Crippen LogP contribution in [-0.2, 0) is 4.74 Å². The first-order valence-electron chi connectivity index (χ1n) is 9.25. The Morgan fingerprint density at radius 1 is 1.31 bits per heavy atom. The van der Waals surface area contributed by atoms with Gasteiger partial charge in [0.1, 0.15) is 5.82 Å². The molecule has 1 aromatic carbocycles. The second kappa shape index (κ2) is 7.86. The number of rotatable bonds is 6. The van der Waals surface area contributed by atoms with E-state index in [-0.39, 0.29) is 17.4 Å². The number of hydrogen-bond acceptors (Lipinski definition) is 4. The first-order valence-corrected chi connectivity index (χ1v) is 9.25. The first-order chi connectivity index (χ1) is 12.4. The molecule has 1 saturated heterocycles.